The van der Waals surface area contributed by atoms with E-state index >= 15 is 0 Å². The zero-order valence-corrected chi connectivity index (χ0v) is 8.94. The van der Waals surface area contributed by atoms with Crippen LogP contribution in [0.25, 0.3) is 5.69 Å². The maximum absolute atomic E-state index is 5.56. The molecule has 4 nitrogen and oxygen atoms in total. The van der Waals surface area contributed by atoms with Crippen molar-refractivity contribution in [2.45, 2.75) is 20.4 Å². The van der Waals surface area contributed by atoms with Gasteiger partial charge >= 0.3 is 0 Å². The molecule has 2 N–H and O–H groups in total. The van der Waals surface area contributed by atoms with Gasteiger partial charge in [0.05, 0.1) is 17.1 Å². The molecule has 0 atom stereocenters. The molecule has 0 aliphatic rings. The van der Waals surface area contributed by atoms with Crippen LogP contribution in [0.5, 0.6) is 0 Å². The summed E-state index contributed by atoms with van der Waals surface area (Å²) in [6, 6.07) is 8.08. The van der Waals surface area contributed by atoms with Gasteiger partial charge in [-0.15, -0.1) is 5.10 Å². The third-order valence-electron chi connectivity index (χ3n) is 2.53. The van der Waals surface area contributed by atoms with Crippen LogP contribution in [0, 0.1) is 13.8 Å². The van der Waals surface area contributed by atoms with E-state index < -0.39 is 0 Å². The summed E-state index contributed by atoms with van der Waals surface area (Å²) in [5.41, 5.74) is 9.65. The average molecular weight is 202 g/mol. The number of hydrogen-bond donors (Lipinski definition) is 1. The van der Waals surface area contributed by atoms with Gasteiger partial charge in [-0.25, -0.2) is 4.68 Å². The quantitative estimate of drug-likeness (QED) is 0.799. The number of nitrogens with two attached hydrogens (primary N) is 1. The Kier molecular flexibility index (Phi) is 2.51. The molecule has 0 fully saturated rings. The highest BCUT2D eigenvalue weighted by Crippen LogP contribution is 2.15. The number of nitrogens with zero attached hydrogens (tertiary/aromatic N) is 3. The molecule has 0 aliphatic carbocycles. The highest BCUT2D eigenvalue weighted by Gasteiger charge is 2.09. The van der Waals surface area contributed by atoms with Crippen molar-refractivity contribution in [1.82, 2.24) is 15.0 Å². The number of para-hydroxylation sites is 1. The van der Waals surface area contributed by atoms with Crippen molar-refractivity contribution in [3.8, 4) is 5.69 Å². The number of benzene rings is 1. The number of aromatic nitrogens is 3. The van der Waals surface area contributed by atoms with Crippen LogP contribution in [0.2, 0.25) is 0 Å². The summed E-state index contributed by atoms with van der Waals surface area (Å²) >= 11 is 0. The first kappa shape index (κ1) is 9.86. The second-order valence-electron chi connectivity index (χ2n) is 3.52. The molecule has 1 aromatic carbocycles. The molecule has 0 saturated heterocycles. The molecule has 2 rings (SSSR count). The first-order chi connectivity index (χ1) is 7.24. The molecule has 2 aromatic rings. The third kappa shape index (κ3) is 1.64. The summed E-state index contributed by atoms with van der Waals surface area (Å²) in [7, 11) is 0. The van der Waals surface area contributed by atoms with Gasteiger partial charge in [0.1, 0.15) is 0 Å². The van der Waals surface area contributed by atoms with Crippen molar-refractivity contribution in [3.05, 3.63) is 41.2 Å². The summed E-state index contributed by atoms with van der Waals surface area (Å²) in [6.45, 7) is 4.46. The standard InChI is InChI=1S/C11H14N4/c1-8-5-3-4-6-11(8)15-9(2)10(7-12)13-14-15/h3-6H,7,12H2,1-2H3. The molecule has 1 aromatic heterocycles. The Bertz CT molecular complexity index is 473. The normalized spacial score (nSPS) is 10.6. The Morgan fingerprint density at radius 2 is 2.00 bits per heavy atom. The first-order valence-electron chi connectivity index (χ1n) is 4.91. The SMILES string of the molecule is Cc1ccccc1-n1nnc(CN)c1C. The predicted octanol–water partition coefficient (Wildman–Crippen LogP) is 1.34. The lowest BCUT2D eigenvalue weighted by molar-refractivity contribution is 0.778. The Morgan fingerprint density at radius 3 is 2.60 bits per heavy atom. The zero-order valence-electron chi connectivity index (χ0n) is 8.94. The smallest absolute Gasteiger partial charge is 0.0996 e. The van der Waals surface area contributed by atoms with Gasteiger partial charge in [0, 0.05) is 6.54 Å². The van der Waals surface area contributed by atoms with E-state index in [9.17, 15) is 0 Å². The monoisotopic (exact) mass is 202 g/mol. The van der Waals surface area contributed by atoms with Crippen LogP contribution in [0.4, 0.5) is 0 Å². The van der Waals surface area contributed by atoms with Crippen molar-refractivity contribution >= 4 is 0 Å². The molecule has 0 amide bonds. The maximum atomic E-state index is 5.56. The highest BCUT2D eigenvalue weighted by molar-refractivity contribution is 5.40. The lowest BCUT2D eigenvalue weighted by Crippen LogP contribution is -2.03. The van der Waals surface area contributed by atoms with Crippen LogP contribution in [-0.2, 0) is 6.54 Å². The van der Waals surface area contributed by atoms with Gasteiger partial charge in [0.25, 0.3) is 0 Å². The number of rotatable bonds is 2. The molecule has 0 bridgehead atoms. The minimum atomic E-state index is 0.428. The largest absolute Gasteiger partial charge is 0.325 e. The van der Waals surface area contributed by atoms with E-state index in [0.717, 1.165) is 17.1 Å². The van der Waals surface area contributed by atoms with Crippen molar-refractivity contribution in [2.24, 2.45) is 5.73 Å². The van der Waals surface area contributed by atoms with E-state index in [4.69, 9.17) is 5.73 Å². The first-order valence-corrected chi connectivity index (χ1v) is 4.91. The molecular weight excluding hydrogens is 188 g/mol. The molecular formula is C11H14N4. The summed E-state index contributed by atoms with van der Waals surface area (Å²) in [6.07, 6.45) is 0. The Morgan fingerprint density at radius 1 is 1.27 bits per heavy atom. The lowest BCUT2D eigenvalue weighted by Gasteiger charge is -2.06. The highest BCUT2D eigenvalue weighted by atomic mass is 15.4. The molecule has 0 aliphatic heterocycles. The summed E-state index contributed by atoms with van der Waals surface area (Å²) < 4.78 is 1.83. The fourth-order valence-electron chi connectivity index (χ4n) is 1.58. The topological polar surface area (TPSA) is 56.7 Å². The van der Waals surface area contributed by atoms with Crippen LogP contribution in [0.3, 0.4) is 0 Å². The molecule has 1 heterocycles. The van der Waals surface area contributed by atoms with Gasteiger partial charge in [-0.3, -0.25) is 0 Å². The van der Waals surface area contributed by atoms with Crippen LogP contribution in [0.1, 0.15) is 17.0 Å². The van der Waals surface area contributed by atoms with E-state index in [0.29, 0.717) is 6.54 Å². The molecule has 0 radical (unpaired) electrons. The van der Waals surface area contributed by atoms with Crippen molar-refractivity contribution in [3.63, 3.8) is 0 Å². The van der Waals surface area contributed by atoms with E-state index in [2.05, 4.69) is 23.3 Å². The molecule has 78 valence electrons. The molecule has 0 saturated carbocycles. The van der Waals surface area contributed by atoms with Crippen LogP contribution in [0.15, 0.2) is 24.3 Å². The van der Waals surface area contributed by atoms with Crippen molar-refractivity contribution in [1.29, 1.82) is 0 Å². The van der Waals surface area contributed by atoms with Crippen molar-refractivity contribution < 1.29 is 0 Å². The molecule has 0 spiro atoms. The van der Waals surface area contributed by atoms with Gasteiger partial charge in [0.15, 0.2) is 0 Å². The number of aryl methyl sites for hydroxylation is 1. The van der Waals surface area contributed by atoms with Crippen LogP contribution < -0.4 is 5.73 Å². The fraction of sp³-hybridized carbons (Fsp3) is 0.273. The molecule has 0 unspecified atom stereocenters. The molecule has 4 heteroatoms. The minimum Gasteiger partial charge on any atom is -0.325 e. The Hall–Kier alpha value is -1.68. The Balaban J connectivity index is 2.55. The maximum Gasteiger partial charge on any atom is 0.0996 e. The van der Waals surface area contributed by atoms with Gasteiger partial charge in [-0.1, -0.05) is 23.4 Å². The van der Waals surface area contributed by atoms with Gasteiger partial charge in [0.2, 0.25) is 0 Å². The van der Waals surface area contributed by atoms with E-state index in [1.807, 2.05) is 29.8 Å². The average Bonchev–Trinajstić information content (AvgIpc) is 2.60. The van der Waals surface area contributed by atoms with E-state index in [1.165, 1.54) is 5.56 Å². The summed E-state index contributed by atoms with van der Waals surface area (Å²) in [4.78, 5) is 0. The second-order valence-corrected chi connectivity index (χ2v) is 3.52. The predicted molar refractivity (Wildman–Crippen MR) is 58.7 cm³/mol. The van der Waals surface area contributed by atoms with Crippen molar-refractivity contribution in [2.75, 3.05) is 0 Å². The fourth-order valence-corrected chi connectivity index (χ4v) is 1.58. The Labute approximate surface area is 88.7 Å². The minimum absolute atomic E-state index is 0.428. The van der Waals surface area contributed by atoms with Crippen LogP contribution >= 0.6 is 0 Å². The third-order valence-corrected chi connectivity index (χ3v) is 2.53. The molecule has 15 heavy (non-hydrogen) atoms. The zero-order chi connectivity index (χ0) is 10.8. The van der Waals surface area contributed by atoms with Gasteiger partial charge in [-0.05, 0) is 25.5 Å². The van der Waals surface area contributed by atoms with E-state index in [-0.39, 0.29) is 0 Å². The van der Waals surface area contributed by atoms with E-state index in [1.54, 1.807) is 0 Å². The summed E-state index contributed by atoms with van der Waals surface area (Å²) in [5, 5.41) is 8.14. The van der Waals surface area contributed by atoms with Gasteiger partial charge in [-0.2, -0.15) is 0 Å². The van der Waals surface area contributed by atoms with Crippen LogP contribution in [-0.4, -0.2) is 15.0 Å². The second kappa shape index (κ2) is 3.82. The number of hydrogen-bond acceptors (Lipinski definition) is 3. The summed E-state index contributed by atoms with van der Waals surface area (Å²) in [5.74, 6) is 0. The van der Waals surface area contributed by atoms with Gasteiger partial charge < -0.3 is 5.73 Å². The lowest BCUT2D eigenvalue weighted by atomic mass is 10.2.